The molecule has 104 valence electrons. The fourth-order valence-corrected chi connectivity index (χ4v) is 2.75. The summed E-state index contributed by atoms with van der Waals surface area (Å²) in [6, 6.07) is 0.182. The number of hydrogen-bond acceptors (Lipinski definition) is 5. The first-order chi connectivity index (χ1) is 9.05. The van der Waals surface area contributed by atoms with Crippen molar-refractivity contribution in [1.82, 2.24) is 9.97 Å². The quantitative estimate of drug-likeness (QED) is 0.911. The Morgan fingerprint density at radius 3 is 3.00 bits per heavy atom. The second-order valence-corrected chi connectivity index (χ2v) is 4.88. The van der Waals surface area contributed by atoms with Crippen LogP contribution in [-0.2, 0) is 4.79 Å². The highest BCUT2D eigenvalue weighted by Gasteiger charge is 2.47. The number of carboxylic acids is 1. The molecule has 1 aliphatic heterocycles. The van der Waals surface area contributed by atoms with Crippen LogP contribution in [0.15, 0.2) is 6.20 Å². The number of ether oxygens (including phenoxy) is 1. The average Bonchev–Trinajstić information content (AvgIpc) is 2.84. The first kappa shape index (κ1) is 13.9. The lowest BCUT2D eigenvalue weighted by Gasteiger charge is -2.35. The third kappa shape index (κ3) is 2.20. The predicted octanol–water partition coefficient (Wildman–Crippen LogP) is 1.97. The van der Waals surface area contributed by atoms with Crippen LogP contribution in [0.25, 0.3) is 0 Å². The van der Waals surface area contributed by atoms with Crippen LogP contribution < -0.4 is 9.64 Å². The molecule has 2 rings (SSSR count). The van der Waals surface area contributed by atoms with E-state index in [-0.39, 0.29) is 6.01 Å². The third-order valence-electron chi connectivity index (χ3n) is 3.61. The first-order valence-corrected chi connectivity index (χ1v) is 6.50. The van der Waals surface area contributed by atoms with Gasteiger partial charge in [-0.15, -0.1) is 0 Å². The van der Waals surface area contributed by atoms with E-state index in [0.29, 0.717) is 30.2 Å². The van der Waals surface area contributed by atoms with Gasteiger partial charge in [-0.3, -0.25) is 0 Å². The smallest absolute Gasteiger partial charge is 0.329 e. The van der Waals surface area contributed by atoms with Crippen molar-refractivity contribution in [1.29, 1.82) is 0 Å². The largest absolute Gasteiger partial charge is 0.479 e. The van der Waals surface area contributed by atoms with E-state index in [9.17, 15) is 9.90 Å². The molecule has 0 amide bonds. The lowest BCUT2D eigenvalue weighted by molar-refractivity contribution is -0.143. The summed E-state index contributed by atoms with van der Waals surface area (Å²) < 4.78 is 4.98. The van der Waals surface area contributed by atoms with Gasteiger partial charge in [-0.1, -0.05) is 18.5 Å². The predicted molar refractivity (Wildman–Crippen MR) is 70.8 cm³/mol. The van der Waals surface area contributed by atoms with Gasteiger partial charge >= 0.3 is 12.0 Å². The maximum Gasteiger partial charge on any atom is 0.329 e. The Balaban J connectivity index is 2.48. The fraction of sp³-hybridized carbons (Fsp3) is 0.583. The fourth-order valence-electron chi connectivity index (χ4n) is 2.56. The van der Waals surface area contributed by atoms with Crippen LogP contribution in [0.1, 0.15) is 26.2 Å². The Hall–Kier alpha value is -1.56. The normalized spacial score (nSPS) is 22.6. The van der Waals surface area contributed by atoms with Gasteiger partial charge in [0, 0.05) is 6.54 Å². The Morgan fingerprint density at radius 1 is 1.68 bits per heavy atom. The monoisotopic (exact) mass is 285 g/mol. The first-order valence-electron chi connectivity index (χ1n) is 6.12. The number of rotatable bonds is 4. The second-order valence-electron chi connectivity index (χ2n) is 4.47. The van der Waals surface area contributed by atoms with Crippen LogP contribution >= 0.6 is 11.6 Å². The molecule has 1 N–H and O–H groups in total. The third-order valence-corrected chi connectivity index (χ3v) is 3.88. The molecular formula is C12H16ClN3O3. The number of hydrogen-bond donors (Lipinski definition) is 1. The van der Waals surface area contributed by atoms with Crippen molar-refractivity contribution < 1.29 is 14.6 Å². The van der Waals surface area contributed by atoms with Crippen molar-refractivity contribution in [3.63, 3.8) is 0 Å². The van der Waals surface area contributed by atoms with Gasteiger partial charge in [0.1, 0.15) is 10.6 Å². The standard InChI is InChI=1S/C12H16ClN3O3/c1-3-12(10(17)18)5-4-6-16(12)9-8(13)7-14-11(15-9)19-2/h7H,3-6H2,1-2H3,(H,17,18). The van der Waals surface area contributed by atoms with Crippen molar-refractivity contribution in [3.05, 3.63) is 11.2 Å². The minimum absolute atomic E-state index is 0.182. The zero-order chi connectivity index (χ0) is 14.0. The van der Waals surface area contributed by atoms with Gasteiger partial charge in [0.25, 0.3) is 0 Å². The Morgan fingerprint density at radius 2 is 2.42 bits per heavy atom. The number of nitrogens with zero attached hydrogens (tertiary/aromatic N) is 3. The summed E-state index contributed by atoms with van der Waals surface area (Å²) in [6.07, 6.45) is 3.30. The van der Waals surface area contributed by atoms with Crippen LogP contribution in [0, 0.1) is 0 Å². The van der Waals surface area contributed by atoms with E-state index < -0.39 is 11.5 Å². The number of halogens is 1. The Labute approximate surface area is 116 Å². The van der Waals surface area contributed by atoms with Crippen LogP contribution in [0.2, 0.25) is 5.02 Å². The van der Waals surface area contributed by atoms with Crippen molar-refractivity contribution in [2.24, 2.45) is 0 Å². The van der Waals surface area contributed by atoms with Gasteiger partial charge in [-0.2, -0.15) is 4.98 Å². The van der Waals surface area contributed by atoms with Gasteiger partial charge in [0.2, 0.25) is 0 Å². The summed E-state index contributed by atoms with van der Waals surface area (Å²) in [7, 11) is 1.46. The molecule has 1 atom stereocenters. The number of carboxylic acid groups (broad SMARTS) is 1. The summed E-state index contributed by atoms with van der Waals surface area (Å²) >= 11 is 6.11. The molecular weight excluding hydrogens is 270 g/mol. The maximum atomic E-state index is 11.6. The van der Waals surface area contributed by atoms with Crippen molar-refractivity contribution in [3.8, 4) is 6.01 Å². The van der Waals surface area contributed by atoms with E-state index >= 15 is 0 Å². The molecule has 1 aromatic rings. The summed E-state index contributed by atoms with van der Waals surface area (Å²) in [5, 5.41) is 9.89. The molecule has 1 aliphatic rings. The number of methoxy groups -OCH3 is 1. The van der Waals surface area contributed by atoms with Gasteiger partial charge in [0.05, 0.1) is 13.3 Å². The van der Waals surface area contributed by atoms with Crippen LogP contribution in [0.5, 0.6) is 6.01 Å². The molecule has 1 unspecified atom stereocenters. The van der Waals surface area contributed by atoms with Crippen molar-refractivity contribution in [2.75, 3.05) is 18.6 Å². The minimum Gasteiger partial charge on any atom is -0.479 e. The summed E-state index contributed by atoms with van der Waals surface area (Å²) in [4.78, 5) is 21.5. The molecule has 1 saturated heterocycles. The summed E-state index contributed by atoms with van der Waals surface area (Å²) in [5.74, 6) is -0.420. The summed E-state index contributed by atoms with van der Waals surface area (Å²) in [5.41, 5.74) is -0.941. The Bertz CT molecular complexity index is 497. The topological polar surface area (TPSA) is 75.5 Å². The zero-order valence-corrected chi connectivity index (χ0v) is 11.6. The molecule has 0 aromatic carbocycles. The highest BCUT2D eigenvalue weighted by atomic mass is 35.5. The zero-order valence-electron chi connectivity index (χ0n) is 10.9. The van der Waals surface area contributed by atoms with E-state index in [1.807, 2.05) is 6.92 Å². The highest BCUT2D eigenvalue weighted by molar-refractivity contribution is 6.32. The molecule has 1 aromatic heterocycles. The molecule has 0 aliphatic carbocycles. The van der Waals surface area contributed by atoms with E-state index in [0.717, 1.165) is 6.42 Å². The molecule has 0 bridgehead atoms. The molecule has 7 heteroatoms. The Kier molecular flexibility index (Phi) is 3.80. The molecule has 2 heterocycles. The number of anilines is 1. The van der Waals surface area contributed by atoms with Gasteiger partial charge in [0.15, 0.2) is 5.82 Å². The van der Waals surface area contributed by atoms with Crippen LogP contribution in [0.3, 0.4) is 0 Å². The minimum atomic E-state index is -0.941. The number of aliphatic carboxylic acids is 1. The van der Waals surface area contributed by atoms with Crippen LogP contribution in [-0.4, -0.2) is 40.2 Å². The molecule has 0 saturated carbocycles. The van der Waals surface area contributed by atoms with Gasteiger partial charge in [-0.05, 0) is 19.3 Å². The lowest BCUT2D eigenvalue weighted by Crippen LogP contribution is -2.50. The van der Waals surface area contributed by atoms with Gasteiger partial charge < -0.3 is 14.7 Å². The summed E-state index contributed by atoms with van der Waals surface area (Å²) in [6.45, 7) is 2.47. The molecule has 1 fully saturated rings. The number of carbonyl (C=O) groups is 1. The molecule has 0 spiro atoms. The molecule has 19 heavy (non-hydrogen) atoms. The van der Waals surface area contributed by atoms with E-state index in [1.54, 1.807) is 4.90 Å². The molecule has 0 radical (unpaired) electrons. The molecule has 6 nitrogen and oxygen atoms in total. The second kappa shape index (κ2) is 5.21. The highest BCUT2D eigenvalue weighted by Crippen LogP contribution is 2.39. The SMILES string of the molecule is CCC1(C(=O)O)CCCN1c1nc(OC)ncc1Cl. The van der Waals surface area contributed by atoms with E-state index in [2.05, 4.69) is 9.97 Å². The van der Waals surface area contributed by atoms with E-state index in [1.165, 1.54) is 13.3 Å². The van der Waals surface area contributed by atoms with Gasteiger partial charge in [-0.25, -0.2) is 9.78 Å². The van der Waals surface area contributed by atoms with Crippen molar-refractivity contribution >= 4 is 23.4 Å². The van der Waals surface area contributed by atoms with Crippen molar-refractivity contribution in [2.45, 2.75) is 31.7 Å². The average molecular weight is 286 g/mol. The lowest BCUT2D eigenvalue weighted by atomic mass is 9.93. The number of aromatic nitrogens is 2. The maximum absolute atomic E-state index is 11.6. The van der Waals surface area contributed by atoms with E-state index in [4.69, 9.17) is 16.3 Å². The van der Waals surface area contributed by atoms with Crippen LogP contribution in [0.4, 0.5) is 5.82 Å².